The van der Waals surface area contributed by atoms with Gasteiger partial charge in [0.1, 0.15) is 20.2 Å². The molecule has 0 amide bonds. The van der Waals surface area contributed by atoms with Gasteiger partial charge in [-0.15, -0.1) is 0 Å². The maximum atomic E-state index is 12.0. The first kappa shape index (κ1) is 83.9. The summed E-state index contributed by atoms with van der Waals surface area (Å²) in [5, 5.41) is 4.01. The third kappa shape index (κ3) is 42.8. The standard InChI is InChI=1S/2C40H68O3S.Ba/c2*1-3-5-7-9-11-13-15-17-19-21-23-25-27-29-36-31-32-40-37(34-39(44(41,42)43)35-38(40)33-36)30-28-26-24-22-20-18-16-14-12-10-8-6-4-2;/h2*31-35H,3-30H2,1-2H3,(H,41,42,43);/q;;+2/p-2. The Balaban J connectivity index is 0.000000600. The molecule has 0 atom stereocenters. The Labute approximate surface area is 591 Å². The van der Waals surface area contributed by atoms with Gasteiger partial charge in [-0.3, -0.25) is 0 Å². The first-order valence-corrected chi connectivity index (χ1v) is 40.8. The van der Waals surface area contributed by atoms with E-state index in [0.717, 1.165) is 96.9 Å². The monoisotopic (exact) mass is 1390 g/mol. The fraction of sp³-hybridized carbons (Fsp3) is 0.750. The summed E-state index contributed by atoms with van der Waals surface area (Å²) >= 11 is 0. The molecule has 0 aliphatic heterocycles. The molecule has 4 aromatic rings. The second-order valence-corrected chi connectivity index (χ2v) is 29.9. The van der Waals surface area contributed by atoms with Gasteiger partial charge in [-0.1, -0.05) is 372 Å². The van der Waals surface area contributed by atoms with Crippen LogP contribution >= 0.6 is 0 Å². The maximum absolute atomic E-state index is 12.0. The average molecular weight is 1390 g/mol. The number of aryl methyl sites for hydroxylation is 4. The molecule has 6 nitrogen and oxygen atoms in total. The number of rotatable bonds is 58. The summed E-state index contributed by atoms with van der Waals surface area (Å²) in [6.45, 7) is 9.09. The maximum Gasteiger partial charge on any atom is 2.00 e. The van der Waals surface area contributed by atoms with Crippen LogP contribution in [0.25, 0.3) is 21.5 Å². The van der Waals surface area contributed by atoms with E-state index in [9.17, 15) is 25.9 Å². The average Bonchev–Trinajstić information content (AvgIpc) is 3.71. The third-order valence-electron chi connectivity index (χ3n) is 19.0. The van der Waals surface area contributed by atoms with Crippen molar-refractivity contribution in [3.8, 4) is 0 Å². The predicted molar refractivity (Wildman–Crippen MR) is 387 cm³/mol. The summed E-state index contributed by atoms with van der Waals surface area (Å²) in [7, 11) is -8.96. The summed E-state index contributed by atoms with van der Waals surface area (Å²) in [6.07, 6.45) is 72.8. The van der Waals surface area contributed by atoms with E-state index in [1.807, 2.05) is 0 Å². The van der Waals surface area contributed by atoms with E-state index in [2.05, 4.69) is 64.1 Å². The van der Waals surface area contributed by atoms with Crippen molar-refractivity contribution in [3.63, 3.8) is 0 Å². The topological polar surface area (TPSA) is 114 Å². The quantitative estimate of drug-likeness (QED) is 0.0247. The molecular formula is C80H134BaO6S2. The van der Waals surface area contributed by atoms with Gasteiger partial charge in [0.15, 0.2) is 0 Å². The number of unbranched alkanes of at least 4 members (excludes halogenated alkanes) is 48. The van der Waals surface area contributed by atoms with E-state index in [1.54, 1.807) is 24.3 Å². The SMILES string of the molecule is CCCCCCCCCCCCCCCc1ccc2c(CCCCCCCCCCCCCCC)cc(S(=O)(=O)[O-])cc2c1.CCCCCCCCCCCCCCCc1ccc2c(CCCCCCCCCCCCCCC)cc(S(=O)(=O)[O-])cc2c1.[Ba+2]. The molecule has 89 heavy (non-hydrogen) atoms. The smallest absolute Gasteiger partial charge is 0.744 e. The Morgan fingerprint density at radius 3 is 0.640 bits per heavy atom. The largest absolute Gasteiger partial charge is 2.00 e. The van der Waals surface area contributed by atoms with Gasteiger partial charge in [0.25, 0.3) is 0 Å². The minimum Gasteiger partial charge on any atom is -0.744 e. The molecule has 504 valence electrons. The first-order chi connectivity index (χ1) is 42.9. The summed E-state index contributed by atoms with van der Waals surface area (Å²) in [6, 6.07) is 19.4. The molecule has 0 bridgehead atoms. The van der Waals surface area contributed by atoms with Gasteiger partial charge in [0.05, 0.1) is 9.79 Å². The molecule has 0 unspecified atom stereocenters. The van der Waals surface area contributed by atoms with Crippen molar-refractivity contribution in [2.45, 2.75) is 397 Å². The Morgan fingerprint density at radius 2 is 0.438 bits per heavy atom. The van der Waals surface area contributed by atoms with Gasteiger partial charge < -0.3 is 9.11 Å². The molecule has 4 rings (SSSR count). The molecule has 0 saturated heterocycles. The molecule has 0 aliphatic carbocycles. The van der Waals surface area contributed by atoms with Crippen LogP contribution in [0.2, 0.25) is 0 Å². The molecule has 4 aromatic carbocycles. The van der Waals surface area contributed by atoms with Crippen molar-refractivity contribution in [1.29, 1.82) is 0 Å². The van der Waals surface area contributed by atoms with Crippen molar-refractivity contribution in [2.75, 3.05) is 0 Å². The zero-order valence-corrected chi connectivity index (χ0v) is 64.4. The van der Waals surface area contributed by atoms with Crippen LogP contribution in [0.4, 0.5) is 0 Å². The van der Waals surface area contributed by atoms with Crippen molar-refractivity contribution in [1.82, 2.24) is 0 Å². The fourth-order valence-corrected chi connectivity index (χ4v) is 14.4. The van der Waals surface area contributed by atoms with Crippen molar-refractivity contribution in [3.05, 3.63) is 82.9 Å². The van der Waals surface area contributed by atoms with Crippen LogP contribution in [-0.2, 0) is 45.9 Å². The van der Waals surface area contributed by atoms with E-state index in [0.29, 0.717) is 0 Å². The van der Waals surface area contributed by atoms with Crippen molar-refractivity contribution in [2.24, 2.45) is 0 Å². The summed E-state index contributed by atoms with van der Waals surface area (Å²) < 4.78 is 71.7. The van der Waals surface area contributed by atoms with E-state index in [-0.39, 0.29) is 58.7 Å². The van der Waals surface area contributed by atoms with Gasteiger partial charge in [0.2, 0.25) is 0 Å². The Bertz CT molecular complexity index is 2370. The fourth-order valence-electron chi connectivity index (χ4n) is 13.3. The Morgan fingerprint density at radius 1 is 0.247 bits per heavy atom. The molecule has 0 N–H and O–H groups in total. The van der Waals surface area contributed by atoms with E-state index in [4.69, 9.17) is 0 Å². The number of fused-ring (bicyclic) bond motifs is 2. The second kappa shape index (κ2) is 56.0. The van der Waals surface area contributed by atoms with E-state index >= 15 is 0 Å². The molecule has 0 aliphatic rings. The molecule has 0 fully saturated rings. The molecule has 0 spiro atoms. The number of hydrogen-bond donors (Lipinski definition) is 0. The van der Waals surface area contributed by atoms with Crippen LogP contribution in [0.3, 0.4) is 0 Å². The molecule has 0 aromatic heterocycles. The summed E-state index contributed by atoms with van der Waals surface area (Å²) in [4.78, 5) is -0.152. The summed E-state index contributed by atoms with van der Waals surface area (Å²) in [5.41, 5.74) is 4.50. The van der Waals surface area contributed by atoms with E-state index in [1.165, 1.54) is 306 Å². The number of benzene rings is 4. The van der Waals surface area contributed by atoms with Crippen LogP contribution in [0.5, 0.6) is 0 Å². The number of hydrogen-bond acceptors (Lipinski definition) is 6. The zero-order chi connectivity index (χ0) is 63.4. The van der Waals surface area contributed by atoms with Crippen LogP contribution < -0.4 is 0 Å². The second-order valence-electron chi connectivity index (χ2n) is 27.2. The Hall–Kier alpha value is -1.21. The molecule has 0 saturated carbocycles. The van der Waals surface area contributed by atoms with Crippen molar-refractivity contribution >= 4 is 90.7 Å². The third-order valence-corrected chi connectivity index (χ3v) is 20.6. The minimum atomic E-state index is -4.48. The zero-order valence-electron chi connectivity index (χ0n) is 58.3. The van der Waals surface area contributed by atoms with Crippen LogP contribution in [0.1, 0.15) is 384 Å². The minimum absolute atomic E-state index is 0. The molecular weight excluding hydrogens is 1260 g/mol. The normalized spacial score (nSPS) is 11.8. The molecule has 9 heteroatoms. The molecule has 0 radical (unpaired) electrons. The predicted octanol–water partition coefficient (Wildman–Crippen LogP) is 25.6. The van der Waals surface area contributed by atoms with Crippen LogP contribution in [0.15, 0.2) is 70.5 Å². The van der Waals surface area contributed by atoms with E-state index < -0.39 is 20.2 Å². The molecule has 0 heterocycles. The van der Waals surface area contributed by atoms with Crippen LogP contribution in [-0.4, -0.2) is 74.8 Å². The first-order valence-electron chi connectivity index (χ1n) is 37.9. The van der Waals surface area contributed by atoms with Crippen molar-refractivity contribution < 1.29 is 25.9 Å². The van der Waals surface area contributed by atoms with Gasteiger partial charge in [-0.2, -0.15) is 0 Å². The van der Waals surface area contributed by atoms with Gasteiger partial charge in [-0.05, 0) is 119 Å². The van der Waals surface area contributed by atoms with Gasteiger partial charge in [0, 0.05) is 0 Å². The van der Waals surface area contributed by atoms with Gasteiger partial charge >= 0.3 is 48.9 Å². The summed E-state index contributed by atoms with van der Waals surface area (Å²) in [5.74, 6) is 0. The van der Waals surface area contributed by atoms with Crippen LogP contribution in [0, 0.1) is 0 Å². The Kier molecular flexibility index (Phi) is 52.8. The van der Waals surface area contributed by atoms with Gasteiger partial charge in [-0.25, -0.2) is 16.8 Å².